The van der Waals surface area contributed by atoms with Crippen LogP contribution in [0.25, 0.3) is 0 Å². The second kappa shape index (κ2) is 7.17. The molecule has 2 nitrogen and oxygen atoms in total. The van der Waals surface area contributed by atoms with Gasteiger partial charge in [0.15, 0.2) is 0 Å². The molecule has 3 heteroatoms. The number of aliphatic hydroxyl groups is 1. The summed E-state index contributed by atoms with van der Waals surface area (Å²) in [6.07, 6.45) is 0.756. The fraction of sp³-hybridized carbons (Fsp3) is 0.294. The van der Waals surface area contributed by atoms with Crippen molar-refractivity contribution in [1.82, 2.24) is 5.32 Å². The van der Waals surface area contributed by atoms with Crippen molar-refractivity contribution in [1.29, 1.82) is 0 Å². The Morgan fingerprint density at radius 2 is 1.85 bits per heavy atom. The van der Waals surface area contributed by atoms with Crippen molar-refractivity contribution in [2.24, 2.45) is 0 Å². The van der Waals surface area contributed by atoms with E-state index in [4.69, 9.17) is 0 Å². The van der Waals surface area contributed by atoms with Gasteiger partial charge in [0, 0.05) is 12.6 Å². The highest BCUT2D eigenvalue weighted by Gasteiger charge is 2.08. The van der Waals surface area contributed by atoms with Gasteiger partial charge in [0.05, 0.1) is 6.61 Å². The van der Waals surface area contributed by atoms with Gasteiger partial charge in [0.25, 0.3) is 0 Å². The van der Waals surface area contributed by atoms with E-state index in [2.05, 4.69) is 5.32 Å². The molecule has 106 valence electrons. The third-order valence-corrected chi connectivity index (χ3v) is 3.38. The third-order valence-electron chi connectivity index (χ3n) is 3.38. The van der Waals surface area contributed by atoms with E-state index in [1.165, 1.54) is 5.56 Å². The molecule has 0 bridgehead atoms. The van der Waals surface area contributed by atoms with Crippen LogP contribution in [0.4, 0.5) is 4.39 Å². The first kappa shape index (κ1) is 14.7. The number of aryl methyl sites for hydroxylation is 1. The number of rotatable bonds is 6. The summed E-state index contributed by atoms with van der Waals surface area (Å²) in [4.78, 5) is 0. The maximum atomic E-state index is 13.5. The van der Waals surface area contributed by atoms with Gasteiger partial charge in [-0.2, -0.15) is 0 Å². The molecule has 0 saturated heterocycles. The fourth-order valence-electron chi connectivity index (χ4n) is 2.11. The minimum atomic E-state index is -0.187. The van der Waals surface area contributed by atoms with Gasteiger partial charge in [-0.3, -0.25) is 0 Å². The fourth-order valence-corrected chi connectivity index (χ4v) is 2.11. The number of aliphatic hydroxyl groups excluding tert-OH is 1. The maximum absolute atomic E-state index is 13.5. The predicted molar refractivity (Wildman–Crippen MR) is 79.0 cm³/mol. The molecule has 2 aromatic rings. The van der Waals surface area contributed by atoms with E-state index in [1.807, 2.05) is 36.4 Å². The molecule has 2 rings (SSSR count). The molecule has 0 saturated carbocycles. The van der Waals surface area contributed by atoms with E-state index < -0.39 is 0 Å². The van der Waals surface area contributed by atoms with Crippen LogP contribution in [0.3, 0.4) is 0 Å². The monoisotopic (exact) mass is 273 g/mol. The molecule has 0 fully saturated rings. The van der Waals surface area contributed by atoms with E-state index in [-0.39, 0.29) is 18.5 Å². The van der Waals surface area contributed by atoms with Gasteiger partial charge in [0.1, 0.15) is 5.82 Å². The van der Waals surface area contributed by atoms with Crippen LogP contribution in [0.5, 0.6) is 0 Å². The lowest BCUT2D eigenvalue weighted by molar-refractivity contribution is 0.241. The Bertz CT molecular complexity index is 542. The molecule has 2 aromatic carbocycles. The van der Waals surface area contributed by atoms with Crippen LogP contribution in [0.15, 0.2) is 48.5 Å². The number of halogens is 1. The minimum Gasteiger partial charge on any atom is -0.395 e. The highest BCUT2D eigenvalue weighted by molar-refractivity contribution is 5.23. The maximum Gasteiger partial charge on any atom is 0.126 e. The lowest BCUT2D eigenvalue weighted by Gasteiger charge is -2.16. The van der Waals surface area contributed by atoms with Crippen LogP contribution < -0.4 is 5.32 Å². The molecule has 0 spiro atoms. The second-order valence-electron chi connectivity index (χ2n) is 5.03. The molecule has 0 aliphatic heterocycles. The molecule has 0 aromatic heterocycles. The van der Waals surface area contributed by atoms with Crippen LogP contribution >= 0.6 is 0 Å². The van der Waals surface area contributed by atoms with Gasteiger partial charge in [-0.15, -0.1) is 0 Å². The molecule has 0 unspecified atom stereocenters. The predicted octanol–water partition coefficient (Wildman–Crippen LogP) is 2.83. The van der Waals surface area contributed by atoms with Crippen molar-refractivity contribution in [3.8, 4) is 0 Å². The Balaban J connectivity index is 1.92. The van der Waals surface area contributed by atoms with Crippen LogP contribution in [-0.2, 0) is 13.0 Å². The first-order chi connectivity index (χ1) is 9.69. The van der Waals surface area contributed by atoms with E-state index in [0.717, 1.165) is 12.0 Å². The summed E-state index contributed by atoms with van der Waals surface area (Å²) >= 11 is 0. The van der Waals surface area contributed by atoms with E-state index >= 15 is 0 Å². The van der Waals surface area contributed by atoms with Crippen molar-refractivity contribution in [2.75, 3.05) is 6.61 Å². The lowest BCUT2D eigenvalue weighted by Crippen LogP contribution is -2.34. The van der Waals surface area contributed by atoms with Crippen LogP contribution in [0, 0.1) is 12.7 Å². The molecule has 0 aliphatic rings. The lowest BCUT2D eigenvalue weighted by atomic mass is 10.1. The summed E-state index contributed by atoms with van der Waals surface area (Å²) in [6, 6.07) is 15.2. The van der Waals surface area contributed by atoms with Gasteiger partial charge in [-0.25, -0.2) is 4.39 Å². The summed E-state index contributed by atoms with van der Waals surface area (Å²) in [5.74, 6) is -0.187. The summed E-state index contributed by atoms with van der Waals surface area (Å²) in [7, 11) is 0. The molecule has 0 heterocycles. The van der Waals surface area contributed by atoms with Crippen LogP contribution in [-0.4, -0.2) is 17.8 Å². The summed E-state index contributed by atoms with van der Waals surface area (Å²) in [5.41, 5.74) is 2.71. The van der Waals surface area contributed by atoms with Gasteiger partial charge >= 0.3 is 0 Å². The molecular formula is C17H20FNO. The average molecular weight is 273 g/mol. The molecular weight excluding hydrogens is 253 g/mol. The second-order valence-corrected chi connectivity index (χ2v) is 5.03. The Hall–Kier alpha value is -1.71. The summed E-state index contributed by atoms with van der Waals surface area (Å²) in [5, 5.41) is 12.7. The highest BCUT2D eigenvalue weighted by Crippen LogP contribution is 2.10. The van der Waals surface area contributed by atoms with E-state index in [0.29, 0.717) is 12.1 Å². The zero-order valence-electron chi connectivity index (χ0n) is 11.6. The van der Waals surface area contributed by atoms with Crippen molar-refractivity contribution >= 4 is 0 Å². The van der Waals surface area contributed by atoms with Crippen LogP contribution in [0.1, 0.15) is 16.7 Å². The Labute approximate surface area is 119 Å². The molecule has 0 radical (unpaired) electrons. The number of benzene rings is 2. The molecule has 1 atom stereocenters. The quantitative estimate of drug-likeness (QED) is 0.848. The third kappa shape index (κ3) is 4.15. The molecule has 0 amide bonds. The van der Waals surface area contributed by atoms with Crippen molar-refractivity contribution < 1.29 is 9.50 Å². The number of hydrogen-bond acceptors (Lipinski definition) is 2. The first-order valence-electron chi connectivity index (χ1n) is 6.82. The number of nitrogens with one attached hydrogen (secondary N) is 1. The van der Waals surface area contributed by atoms with Gasteiger partial charge in [0.2, 0.25) is 0 Å². The Kier molecular flexibility index (Phi) is 5.27. The smallest absolute Gasteiger partial charge is 0.126 e. The first-order valence-corrected chi connectivity index (χ1v) is 6.82. The standard InChI is InChI=1S/C17H20FNO/c1-13-7-8-15(10-17(13)18)11-19-16(12-20)9-14-5-3-2-4-6-14/h2-8,10,16,19-20H,9,11-12H2,1H3/t16-/m1/s1. The topological polar surface area (TPSA) is 32.3 Å². The normalized spacial score (nSPS) is 12.3. The molecule has 0 aliphatic carbocycles. The Morgan fingerprint density at radius 1 is 1.10 bits per heavy atom. The SMILES string of the molecule is Cc1ccc(CN[C@@H](CO)Cc2ccccc2)cc1F. The van der Waals surface area contributed by atoms with Crippen molar-refractivity contribution in [3.05, 3.63) is 71.0 Å². The minimum absolute atomic E-state index is 0.0261. The van der Waals surface area contributed by atoms with Gasteiger partial charge in [-0.1, -0.05) is 42.5 Å². The highest BCUT2D eigenvalue weighted by atomic mass is 19.1. The van der Waals surface area contributed by atoms with Crippen molar-refractivity contribution in [2.45, 2.75) is 25.9 Å². The summed E-state index contributed by atoms with van der Waals surface area (Å²) in [6.45, 7) is 2.36. The van der Waals surface area contributed by atoms with Crippen molar-refractivity contribution in [3.63, 3.8) is 0 Å². The zero-order valence-corrected chi connectivity index (χ0v) is 11.6. The van der Waals surface area contributed by atoms with E-state index in [1.54, 1.807) is 19.1 Å². The zero-order chi connectivity index (χ0) is 14.4. The van der Waals surface area contributed by atoms with E-state index in [9.17, 15) is 9.50 Å². The molecule has 20 heavy (non-hydrogen) atoms. The van der Waals surface area contributed by atoms with Gasteiger partial charge in [-0.05, 0) is 36.1 Å². The summed E-state index contributed by atoms with van der Waals surface area (Å²) < 4.78 is 13.5. The Morgan fingerprint density at radius 3 is 2.50 bits per heavy atom. The average Bonchev–Trinajstić information content (AvgIpc) is 2.48. The largest absolute Gasteiger partial charge is 0.395 e. The number of hydrogen-bond donors (Lipinski definition) is 2. The molecule has 2 N–H and O–H groups in total. The van der Waals surface area contributed by atoms with Crippen LogP contribution in [0.2, 0.25) is 0 Å². The van der Waals surface area contributed by atoms with Gasteiger partial charge < -0.3 is 10.4 Å².